The highest BCUT2D eigenvalue weighted by Gasteiger charge is 2.13. The number of anilines is 3. The number of benzene rings is 2. The fraction of sp³-hybridized carbons (Fsp3) is 0.158. The number of rotatable bonds is 5. The van der Waals surface area contributed by atoms with Crippen molar-refractivity contribution in [3.8, 4) is 11.5 Å². The zero-order chi connectivity index (χ0) is 17.9. The van der Waals surface area contributed by atoms with Gasteiger partial charge in [-0.2, -0.15) is 0 Å². The highest BCUT2D eigenvalue weighted by molar-refractivity contribution is 6.30. The molecule has 1 aliphatic heterocycles. The van der Waals surface area contributed by atoms with Crippen LogP contribution in [0.15, 0.2) is 48.8 Å². The monoisotopic (exact) mass is 368 g/mol. The molecule has 132 valence electrons. The molecule has 26 heavy (non-hydrogen) atoms. The summed E-state index contributed by atoms with van der Waals surface area (Å²) in [5.74, 6) is 2.96. The molecule has 6 nitrogen and oxygen atoms in total. The number of nitrogens with one attached hydrogen (secondary N) is 2. The Kier molecular flexibility index (Phi) is 4.50. The molecule has 1 aromatic heterocycles. The number of aromatic nitrogens is 2. The summed E-state index contributed by atoms with van der Waals surface area (Å²) in [7, 11) is 0. The van der Waals surface area contributed by atoms with Gasteiger partial charge in [0.2, 0.25) is 6.79 Å². The van der Waals surface area contributed by atoms with E-state index in [1.165, 1.54) is 6.33 Å². The summed E-state index contributed by atoms with van der Waals surface area (Å²) in [6, 6.07) is 13.4. The average molecular weight is 369 g/mol. The quantitative estimate of drug-likeness (QED) is 0.690. The summed E-state index contributed by atoms with van der Waals surface area (Å²) in [6.45, 7) is 2.90. The Morgan fingerprint density at radius 1 is 1.00 bits per heavy atom. The van der Waals surface area contributed by atoms with Gasteiger partial charge in [0.25, 0.3) is 0 Å². The second kappa shape index (κ2) is 7.09. The van der Waals surface area contributed by atoms with Crippen LogP contribution in [0.2, 0.25) is 5.02 Å². The van der Waals surface area contributed by atoms with Crippen LogP contribution >= 0.6 is 11.6 Å². The van der Waals surface area contributed by atoms with Gasteiger partial charge in [-0.05, 0) is 42.3 Å². The van der Waals surface area contributed by atoms with Gasteiger partial charge in [0.15, 0.2) is 11.5 Å². The lowest BCUT2D eigenvalue weighted by atomic mass is 10.2. The maximum atomic E-state index is 6.07. The second-order valence-electron chi connectivity index (χ2n) is 5.91. The predicted octanol–water partition coefficient (Wildman–Crippen LogP) is 4.52. The number of aryl methyl sites for hydroxylation is 1. The molecule has 1 aliphatic rings. The summed E-state index contributed by atoms with van der Waals surface area (Å²) in [5.41, 5.74) is 3.08. The normalized spacial score (nSPS) is 12.1. The standard InChI is InChI=1S/C19H17ClN4O2/c1-12-2-4-14(20)7-15(12)24-19-8-18(22-10-23-19)21-9-13-3-5-16-17(6-13)26-11-25-16/h2-8,10H,9,11H2,1H3,(H2,21,22,23,24). The first kappa shape index (κ1) is 16.5. The fourth-order valence-electron chi connectivity index (χ4n) is 2.63. The van der Waals surface area contributed by atoms with Gasteiger partial charge in [0.05, 0.1) is 0 Å². The highest BCUT2D eigenvalue weighted by atomic mass is 35.5. The lowest BCUT2D eigenvalue weighted by molar-refractivity contribution is 0.174. The molecule has 0 saturated heterocycles. The van der Waals surface area contributed by atoms with Gasteiger partial charge in [-0.15, -0.1) is 0 Å². The van der Waals surface area contributed by atoms with Crippen molar-refractivity contribution >= 4 is 28.9 Å². The Morgan fingerprint density at radius 2 is 1.85 bits per heavy atom. The molecule has 2 aromatic carbocycles. The van der Waals surface area contributed by atoms with Crippen molar-refractivity contribution in [1.29, 1.82) is 0 Å². The van der Waals surface area contributed by atoms with Crippen LogP contribution < -0.4 is 20.1 Å². The maximum Gasteiger partial charge on any atom is 0.231 e. The molecule has 0 atom stereocenters. The van der Waals surface area contributed by atoms with E-state index < -0.39 is 0 Å². The zero-order valence-electron chi connectivity index (χ0n) is 14.1. The predicted molar refractivity (Wildman–Crippen MR) is 101 cm³/mol. The summed E-state index contributed by atoms with van der Waals surface area (Å²) in [4.78, 5) is 8.53. The molecule has 2 heterocycles. The number of hydrogen-bond acceptors (Lipinski definition) is 6. The molecule has 0 fully saturated rings. The van der Waals surface area contributed by atoms with Crippen LogP contribution in [0.3, 0.4) is 0 Å². The number of halogens is 1. The third kappa shape index (κ3) is 3.65. The molecular formula is C19H17ClN4O2. The third-order valence-corrected chi connectivity index (χ3v) is 4.28. The van der Waals surface area contributed by atoms with Gasteiger partial charge in [0.1, 0.15) is 18.0 Å². The first-order valence-electron chi connectivity index (χ1n) is 8.15. The maximum absolute atomic E-state index is 6.07. The Bertz CT molecular complexity index is 949. The van der Waals surface area contributed by atoms with Crippen molar-refractivity contribution in [2.75, 3.05) is 17.4 Å². The van der Waals surface area contributed by atoms with E-state index in [9.17, 15) is 0 Å². The smallest absolute Gasteiger partial charge is 0.231 e. The van der Waals surface area contributed by atoms with E-state index in [0.29, 0.717) is 17.4 Å². The molecule has 0 unspecified atom stereocenters. The number of nitrogens with zero attached hydrogens (tertiary/aromatic N) is 2. The molecule has 0 bridgehead atoms. The molecular weight excluding hydrogens is 352 g/mol. The molecule has 3 aromatic rings. The van der Waals surface area contributed by atoms with Crippen LogP contribution in [0.5, 0.6) is 11.5 Å². The molecule has 0 aliphatic carbocycles. The SMILES string of the molecule is Cc1ccc(Cl)cc1Nc1cc(NCc2ccc3c(c2)OCO3)ncn1. The van der Waals surface area contributed by atoms with Crippen LogP contribution in [0.1, 0.15) is 11.1 Å². The third-order valence-electron chi connectivity index (χ3n) is 4.04. The molecule has 0 amide bonds. The zero-order valence-corrected chi connectivity index (χ0v) is 14.9. The Balaban J connectivity index is 1.45. The Hall–Kier alpha value is -2.99. The molecule has 7 heteroatoms. The number of fused-ring (bicyclic) bond motifs is 1. The van der Waals surface area contributed by atoms with Gasteiger partial charge in [-0.25, -0.2) is 9.97 Å². The minimum Gasteiger partial charge on any atom is -0.454 e. The van der Waals surface area contributed by atoms with Gasteiger partial charge >= 0.3 is 0 Å². The topological polar surface area (TPSA) is 68.3 Å². The van der Waals surface area contributed by atoms with E-state index in [1.54, 1.807) is 0 Å². The second-order valence-corrected chi connectivity index (χ2v) is 6.35. The summed E-state index contributed by atoms with van der Waals surface area (Å²) < 4.78 is 10.7. The van der Waals surface area contributed by atoms with Crippen LogP contribution in [-0.2, 0) is 6.54 Å². The van der Waals surface area contributed by atoms with Gasteiger partial charge in [-0.1, -0.05) is 23.7 Å². The molecule has 4 rings (SSSR count). The van der Waals surface area contributed by atoms with Crippen LogP contribution in [0.25, 0.3) is 0 Å². The largest absolute Gasteiger partial charge is 0.454 e. The van der Waals surface area contributed by atoms with Gasteiger partial charge in [0, 0.05) is 23.3 Å². The first-order valence-corrected chi connectivity index (χ1v) is 8.53. The van der Waals surface area contributed by atoms with Crippen molar-refractivity contribution in [3.05, 3.63) is 64.9 Å². The summed E-state index contributed by atoms with van der Waals surface area (Å²) in [6.07, 6.45) is 1.52. The fourth-order valence-corrected chi connectivity index (χ4v) is 2.80. The van der Waals surface area contributed by atoms with Crippen LogP contribution in [-0.4, -0.2) is 16.8 Å². The first-order chi connectivity index (χ1) is 12.7. The molecule has 0 radical (unpaired) electrons. The lowest BCUT2D eigenvalue weighted by Crippen LogP contribution is -2.03. The van der Waals surface area contributed by atoms with E-state index >= 15 is 0 Å². The van der Waals surface area contributed by atoms with Crippen molar-refractivity contribution in [1.82, 2.24) is 9.97 Å². The Morgan fingerprint density at radius 3 is 2.77 bits per heavy atom. The van der Waals surface area contributed by atoms with Crippen LogP contribution in [0.4, 0.5) is 17.3 Å². The van der Waals surface area contributed by atoms with E-state index in [1.807, 2.05) is 49.4 Å². The minimum atomic E-state index is 0.274. The molecule has 0 spiro atoms. The van der Waals surface area contributed by atoms with Crippen molar-refractivity contribution in [2.45, 2.75) is 13.5 Å². The van der Waals surface area contributed by atoms with E-state index in [2.05, 4.69) is 20.6 Å². The summed E-state index contributed by atoms with van der Waals surface area (Å²) >= 11 is 6.07. The molecule has 2 N–H and O–H groups in total. The van der Waals surface area contributed by atoms with Gasteiger partial charge < -0.3 is 20.1 Å². The lowest BCUT2D eigenvalue weighted by Gasteiger charge is -2.11. The summed E-state index contributed by atoms with van der Waals surface area (Å²) in [5, 5.41) is 7.24. The average Bonchev–Trinajstić information content (AvgIpc) is 3.11. The number of ether oxygens (including phenoxy) is 2. The molecule has 0 saturated carbocycles. The number of hydrogen-bond donors (Lipinski definition) is 2. The van der Waals surface area contributed by atoms with Crippen molar-refractivity contribution < 1.29 is 9.47 Å². The van der Waals surface area contributed by atoms with Gasteiger partial charge in [-0.3, -0.25) is 0 Å². The van der Waals surface area contributed by atoms with E-state index in [0.717, 1.165) is 34.1 Å². The highest BCUT2D eigenvalue weighted by Crippen LogP contribution is 2.32. The van der Waals surface area contributed by atoms with E-state index in [-0.39, 0.29) is 6.79 Å². The minimum absolute atomic E-state index is 0.274. The van der Waals surface area contributed by atoms with Crippen molar-refractivity contribution in [2.24, 2.45) is 0 Å². The van der Waals surface area contributed by atoms with Crippen molar-refractivity contribution in [3.63, 3.8) is 0 Å². The van der Waals surface area contributed by atoms with E-state index in [4.69, 9.17) is 21.1 Å². The van der Waals surface area contributed by atoms with Crippen LogP contribution in [0, 0.1) is 6.92 Å². The Labute approximate surface area is 156 Å².